The summed E-state index contributed by atoms with van der Waals surface area (Å²) in [6.07, 6.45) is 0.953. The summed E-state index contributed by atoms with van der Waals surface area (Å²) in [7, 11) is 0. The number of hydrogen-bond donors (Lipinski definition) is 2. The first kappa shape index (κ1) is 22.2. The summed E-state index contributed by atoms with van der Waals surface area (Å²) < 4.78 is 27.9. The van der Waals surface area contributed by atoms with Crippen LogP contribution in [0.1, 0.15) is 42.0 Å². The van der Waals surface area contributed by atoms with E-state index in [-0.39, 0.29) is 11.7 Å². The fraction of sp³-hybridized carbons (Fsp3) is 0.185. The van der Waals surface area contributed by atoms with Crippen LogP contribution in [-0.4, -0.2) is 11.7 Å². The summed E-state index contributed by atoms with van der Waals surface area (Å²) >= 11 is 1.62. The van der Waals surface area contributed by atoms with Gasteiger partial charge in [0.1, 0.15) is 11.6 Å². The van der Waals surface area contributed by atoms with Crippen molar-refractivity contribution in [1.29, 1.82) is 0 Å². The summed E-state index contributed by atoms with van der Waals surface area (Å²) in [5.74, 6) is -2.12. The van der Waals surface area contributed by atoms with E-state index in [4.69, 9.17) is 0 Å². The Kier molecular flexibility index (Phi) is 5.87. The number of anilines is 1. The van der Waals surface area contributed by atoms with Gasteiger partial charge in [-0.1, -0.05) is 24.3 Å². The molecule has 0 spiro atoms. The normalized spacial score (nSPS) is 20.1. The van der Waals surface area contributed by atoms with Crippen LogP contribution in [0.15, 0.2) is 88.6 Å². The fourth-order valence-corrected chi connectivity index (χ4v) is 5.68. The number of carbonyl (C=O) groups excluding carboxylic acids is 2. The Morgan fingerprint density at radius 1 is 1.03 bits per heavy atom. The summed E-state index contributed by atoms with van der Waals surface area (Å²) in [4.78, 5) is 28.1. The van der Waals surface area contributed by atoms with Gasteiger partial charge in [0, 0.05) is 51.4 Å². The first-order valence-corrected chi connectivity index (χ1v) is 11.9. The van der Waals surface area contributed by atoms with E-state index < -0.39 is 23.5 Å². The lowest BCUT2D eigenvalue weighted by molar-refractivity contribution is -0.116. The van der Waals surface area contributed by atoms with Crippen LogP contribution in [0.5, 0.6) is 0 Å². The number of nitrogens with one attached hydrogen (secondary N) is 2. The number of carbonyl (C=O) groups is 2. The zero-order valence-corrected chi connectivity index (χ0v) is 19.2. The first-order chi connectivity index (χ1) is 16.4. The molecule has 0 unspecified atom stereocenters. The number of rotatable bonds is 4. The zero-order chi connectivity index (χ0) is 23.8. The average molecular weight is 477 g/mol. The lowest BCUT2D eigenvalue weighted by Gasteiger charge is -2.36. The highest BCUT2D eigenvalue weighted by atomic mass is 32.1. The number of benzene rings is 2. The van der Waals surface area contributed by atoms with E-state index in [9.17, 15) is 18.4 Å². The number of hydrogen-bond acceptors (Lipinski definition) is 4. The van der Waals surface area contributed by atoms with Gasteiger partial charge in [-0.25, -0.2) is 8.78 Å². The predicted octanol–water partition coefficient (Wildman–Crippen LogP) is 6.03. The van der Waals surface area contributed by atoms with Crippen molar-refractivity contribution >= 4 is 28.7 Å². The van der Waals surface area contributed by atoms with E-state index in [0.29, 0.717) is 40.9 Å². The standard InChI is InChI=1S/C27H22F2N2O2S/c1-15-24(27(33)31-20-8-3-7-19(29)14-20)25(16-5-2-6-18(28)11-16)26-21(30-15)12-17(13-22(26)32)23-9-4-10-34-23/h2-11,14,17,25,30H,12-13H2,1H3,(H,31,33)/t17-,25-/m1/s1. The Bertz CT molecular complexity index is 1340. The molecule has 7 heteroatoms. The minimum absolute atomic E-state index is 0.0578. The monoisotopic (exact) mass is 476 g/mol. The van der Waals surface area contributed by atoms with Crippen LogP contribution in [0.4, 0.5) is 14.5 Å². The van der Waals surface area contributed by atoms with Crippen LogP contribution in [0.25, 0.3) is 0 Å². The summed E-state index contributed by atoms with van der Waals surface area (Å²) in [5, 5.41) is 8.03. The van der Waals surface area contributed by atoms with Crippen LogP contribution < -0.4 is 10.6 Å². The maximum atomic E-state index is 14.2. The molecule has 0 radical (unpaired) electrons. The lowest BCUT2D eigenvalue weighted by atomic mass is 9.72. The smallest absolute Gasteiger partial charge is 0.254 e. The minimum Gasteiger partial charge on any atom is -0.362 e. The van der Waals surface area contributed by atoms with Crippen molar-refractivity contribution in [3.8, 4) is 0 Å². The Labute approximate surface area is 200 Å². The molecule has 0 saturated carbocycles. The number of halogens is 2. The largest absolute Gasteiger partial charge is 0.362 e. The van der Waals surface area contributed by atoms with Gasteiger partial charge < -0.3 is 10.6 Å². The average Bonchev–Trinajstić information content (AvgIpc) is 3.33. The van der Waals surface area contributed by atoms with E-state index in [1.54, 1.807) is 36.5 Å². The maximum absolute atomic E-state index is 14.2. The number of dihydropyridines is 1. The molecule has 1 amide bonds. The fourth-order valence-electron chi connectivity index (χ4n) is 4.85. The molecule has 5 rings (SSSR count). The van der Waals surface area contributed by atoms with Gasteiger partial charge in [-0.15, -0.1) is 11.3 Å². The second kappa shape index (κ2) is 8.99. The Morgan fingerprint density at radius 2 is 1.79 bits per heavy atom. The van der Waals surface area contributed by atoms with Gasteiger partial charge in [-0.05, 0) is 60.7 Å². The molecular formula is C27H22F2N2O2S. The molecule has 34 heavy (non-hydrogen) atoms. The molecule has 1 aliphatic carbocycles. The van der Waals surface area contributed by atoms with Gasteiger partial charge in [0.25, 0.3) is 5.91 Å². The zero-order valence-electron chi connectivity index (χ0n) is 18.4. The van der Waals surface area contributed by atoms with Gasteiger partial charge in [0.2, 0.25) is 0 Å². The Morgan fingerprint density at radius 3 is 2.50 bits per heavy atom. The van der Waals surface area contributed by atoms with Crippen molar-refractivity contribution < 1.29 is 18.4 Å². The van der Waals surface area contributed by atoms with Crippen molar-refractivity contribution in [2.45, 2.75) is 31.6 Å². The molecule has 0 bridgehead atoms. The van der Waals surface area contributed by atoms with Crippen LogP contribution in [0.3, 0.4) is 0 Å². The van der Waals surface area contributed by atoms with Gasteiger partial charge >= 0.3 is 0 Å². The molecule has 2 aliphatic rings. The molecule has 2 atom stereocenters. The van der Waals surface area contributed by atoms with E-state index in [2.05, 4.69) is 10.6 Å². The van der Waals surface area contributed by atoms with E-state index in [0.717, 1.165) is 10.6 Å². The molecule has 172 valence electrons. The third-order valence-electron chi connectivity index (χ3n) is 6.28. The molecule has 0 fully saturated rings. The topological polar surface area (TPSA) is 58.2 Å². The Balaban J connectivity index is 1.57. The molecule has 2 aromatic carbocycles. The molecule has 2 heterocycles. The van der Waals surface area contributed by atoms with Gasteiger partial charge in [-0.3, -0.25) is 9.59 Å². The summed E-state index contributed by atoms with van der Waals surface area (Å²) in [5.41, 5.74) is 2.99. The van der Waals surface area contributed by atoms with Crippen LogP contribution >= 0.6 is 11.3 Å². The molecular weight excluding hydrogens is 454 g/mol. The summed E-state index contributed by atoms with van der Waals surface area (Å²) in [6.45, 7) is 1.77. The van der Waals surface area contributed by atoms with Crippen LogP contribution in [-0.2, 0) is 9.59 Å². The Hall–Kier alpha value is -3.58. The number of allylic oxidation sites excluding steroid dienone is 3. The molecule has 2 N–H and O–H groups in total. The molecule has 0 saturated heterocycles. The van der Waals surface area contributed by atoms with Crippen LogP contribution in [0.2, 0.25) is 0 Å². The highest BCUT2D eigenvalue weighted by Crippen LogP contribution is 2.46. The van der Waals surface area contributed by atoms with Crippen molar-refractivity contribution in [1.82, 2.24) is 5.32 Å². The van der Waals surface area contributed by atoms with Crippen molar-refractivity contribution in [3.63, 3.8) is 0 Å². The predicted molar refractivity (Wildman–Crippen MR) is 128 cm³/mol. The first-order valence-electron chi connectivity index (χ1n) is 11.0. The number of amides is 1. The SMILES string of the molecule is CC1=C(C(=O)Nc2cccc(F)c2)[C@@H](c2cccc(F)c2)C2=C(C[C@@H](c3cccs3)CC2=O)N1. The molecule has 3 aromatic rings. The summed E-state index contributed by atoms with van der Waals surface area (Å²) in [6, 6.07) is 15.6. The highest BCUT2D eigenvalue weighted by molar-refractivity contribution is 7.10. The molecule has 4 nitrogen and oxygen atoms in total. The maximum Gasteiger partial charge on any atom is 0.254 e. The van der Waals surface area contributed by atoms with E-state index in [1.165, 1.54) is 30.3 Å². The van der Waals surface area contributed by atoms with Crippen LogP contribution in [0, 0.1) is 11.6 Å². The second-order valence-electron chi connectivity index (χ2n) is 8.55. The highest BCUT2D eigenvalue weighted by Gasteiger charge is 2.41. The van der Waals surface area contributed by atoms with Crippen molar-refractivity contribution in [3.05, 3.63) is 111 Å². The third-order valence-corrected chi connectivity index (χ3v) is 7.32. The quantitative estimate of drug-likeness (QED) is 0.484. The van der Waals surface area contributed by atoms with Gasteiger partial charge in [-0.2, -0.15) is 0 Å². The lowest BCUT2D eigenvalue weighted by Crippen LogP contribution is -2.37. The minimum atomic E-state index is -0.725. The second-order valence-corrected chi connectivity index (χ2v) is 9.53. The number of ketones is 1. The molecule has 1 aromatic heterocycles. The van der Waals surface area contributed by atoms with Crippen molar-refractivity contribution in [2.24, 2.45) is 0 Å². The van der Waals surface area contributed by atoms with E-state index >= 15 is 0 Å². The van der Waals surface area contributed by atoms with Crippen molar-refractivity contribution in [2.75, 3.05) is 5.32 Å². The van der Waals surface area contributed by atoms with E-state index in [1.807, 2.05) is 17.5 Å². The van der Waals surface area contributed by atoms with Gasteiger partial charge in [0.05, 0.1) is 0 Å². The number of Topliss-reactive ketones (excluding diaryl/α,β-unsaturated/α-hetero) is 1. The molecule has 1 aliphatic heterocycles. The number of thiophene rings is 1. The third kappa shape index (κ3) is 4.19. The van der Waals surface area contributed by atoms with Gasteiger partial charge in [0.15, 0.2) is 5.78 Å².